The largest absolute Gasteiger partial charge is 0.466 e. The van der Waals surface area contributed by atoms with Gasteiger partial charge in [-0.25, -0.2) is 14.0 Å². The topological polar surface area (TPSA) is 86.4 Å². The molecule has 21 heavy (non-hydrogen) atoms. The van der Waals surface area contributed by atoms with Crippen molar-refractivity contribution in [1.29, 1.82) is 0 Å². The molecule has 0 aromatic carbocycles. The minimum Gasteiger partial charge on any atom is -0.466 e. The highest BCUT2D eigenvalue weighted by atomic mass is 19.1. The molecule has 1 aliphatic carbocycles. The minimum atomic E-state index is -1.03. The number of halogens is 1. The van der Waals surface area contributed by atoms with E-state index >= 15 is 0 Å². The third kappa shape index (κ3) is 1.97. The van der Waals surface area contributed by atoms with Crippen molar-refractivity contribution in [1.82, 2.24) is 5.32 Å². The number of hydrogen-bond acceptors (Lipinski definition) is 6. The molecule has 0 bridgehead atoms. The molecule has 1 saturated heterocycles. The molecule has 3 aliphatic rings. The number of esters is 1. The van der Waals surface area contributed by atoms with E-state index < -0.39 is 36.5 Å². The van der Waals surface area contributed by atoms with Gasteiger partial charge in [0, 0.05) is 13.0 Å². The van der Waals surface area contributed by atoms with E-state index in [-0.39, 0.29) is 12.0 Å². The minimum absolute atomic E-state index is 0.289. The van der Waals surface area contributed by atoms with Gasteiger partial charge in [-0.1, -0.05) is 0 Å². The highest BCUT2D eigenvalue weighted by molar-refractivity contribution is 5.89. The Hall–Kier alpha value is -1.83. The number of ether oxygens (including phenoxy) is 4. The summed E-state index contributed by atoms with van der Waals surface area (Å²) in [5, 5.41) is 2.31. The molecule has 0 spiro atoms. The van der Waals surface area contributed by atoms with Crippen LogP contribution in [0.3, 0.4) is 0 Å². The summed E-state index contributed by atoms with van der Waals surface area (Å²) in [6.45, 7) is -0.718. The first-order valence-corrected chi connectivity index (χ1v) is 6.63. The zero-order valence-electron chi connectivity index (χ0n) is 11.6. The molecule has 3 rings (SSSR count). The van der Waals surface area contributed by atoms with Gasteiger partial charge in [0.25, 0.3) is 6.29 Å². The van der Waals surface area contributed by atoms with Crippen LogP contribution in [0.4, 0.5) is 9.18 Å². The van der Waals surface area contributed by atoms with E-state index in [1.54, 1.807) is 0 Å². The molecule has 0 aromatic rings. The van der Waals surface area contributed by atoms with Gasteiger partial charge in [-0.05, 0) is 6.42 Å². The third-order valence-electron chi connectivity index (χ3n) is 4.39. The Morgan fingerprint density at radius 3 is 2.95 bits per heavy atom. The zero-order chi connectivity index (χ0) is 15.2. The molecule has 1 N–H and O–H groups in total. The van der Waals surface area contributed by atoms with Crippen LogP contribution in [0.25, 0.3) is 0 Å². The zero-order valence-corrected chi connectivity index (χ0v) is 11.6. The van der Waals surface area contributed by atoms with Crippen molar-refractivity contribution in [3.05, 3.63) is 11.8 Å². The maximum atomic E-state index is 13.4. The Labute approximate surface area is 120 Å². The van der Waals surface area contributed by atoms with Crippen LogP contribution in [0.5, 0.6) is 0 Å². The second-order valence-corrected chi connectivity index (χ2v) is 5.29. The van der Waals surface area contributed by atoms with E-state index in [9.17, 15) is 14.0 Å². The number of epoxide rings is 1. The van der Waals surface area contributed by atoms with Crippen LogP contribution in [-0.4, -0.2) is 50.9 Å². The molecular formula is C13H16FNO6. The van der Waals surface area contributed by atoms with Gasteiger partial charge in [0.05, 0.1) is 31.0 Å². The first-order valence-electron chi connectivity index (χ1n) is 6.63. The Balaban J connectivity index is 1.89. The van der Waals surface area contributed by atoms with Gasteiger partial charge in [0.2, 0.25) is 0 Å². The van der Waals surface area contributed by atoms with Gasteiger partial charge in [-0.3, -0.25) is 0 Å². The molecular weight excluding hydrogens is 285 g/mol. The fourth-order valence-corrected chi connectivity index (χ4v) is 3.33. The number of alkyl carbamates (subject to hydrolysis) is 1. The molecule has 2 aliphatic heterocycles. The fourth-order valence-electron chi connectivity index (χ4n) is 3.33. The number of hydrogen-bond donors (Lipinski definition) is 1. The van der Waals surface area contributed by atoms with Crippen LogP contribution in [0.15, 0.2) is 11.8 Å². The van der Waals surface area contributed by atoms with Gasteiger partial charge in [0.15, 0.2) is 0 Å². The first-order chi connectivity index (χ1) is 10.1. The Morgan fingerprint density at radius 1 is 1.57 bits per heavy atom. The quantitative estimate of drug-likeness (QED) is 0.603. The maximum absolute atomic E-state index is 13.4. The summed E-state index contributed by atoms with van der Waals surface area (Å²) in [4.78, 5) is 23.2. The molecule has 2 fully saturated rings. The number of nitrogens with one attached hydrogen (secondary N) is 1. The molecule has 1 saturated carbocycles. The summed E-state index contributed by atoms with van der Waals surface area (Å²) in [6, 6.07) is 0. The van der Waals surface area contributed by atoms with Crippen molar-refractivity contribution in [3.8, 4) is 0 Å². The van der Waals surface area contributed by atoms with E-state index in [0.29, 0.717) is 12.0 Å². The van der Waals surface area contributed by atoms with Crippen LogP contribution >= 0.6 is 0 Å². The second-order valence-electron chi connectivity index (χ2n) is 5.29. The van der Waals surface area contributed by atoms with E-state index in [0.717, 1.165) is 0 Å². The van der Waals surface area contributed by atoms with Crippen molar-refractivity contribution in [2.75, 3.05) is 20.8 Å². The predicted octanol–water partition coefficient (Wildman–Crippen LogP) is 0.499. The van der Waals surface area contributed by atoms with Gasteiger partial charge in [-0.15, -0.1) is 0 Å². The molecule has 116 valence electrons. The van der Waals surface area contributed by atoms with Crippen LogP contribution in [0.1, 0.15) is 6.42 Å². The van der Waals surface area contributed by atoms with Gasteiger partial charge >= 0.3 is 12.1 Å². The SMILES string of the molecule is CNC(=O)OC1OC=C(C(=O)OC)C2CC3OC3(CF)C12. The van der Waals surface area contributed by atoms with Crippen LogP contribution in [-0.2, 0) is 23.7 Å². The summed E-state index contributed by atoms with van der Waals surface area (Å²) in [5.41, 5.74) is -0.709. The second kappa shape index (κ2) is 4.87. The first kappa shape index (κ1) is 14.1. The van der Waals surface area contributed by atoms with Gasteiger partial charge < -0.3 is 24.3 Å². The predicted molar refractivity (Wildman–Crippen MR) is 65.7 cm³/mol. The lowest BCUT2D eigenvalue weighted by molar-refractivity contribution is -0.152. The molecule has 8 heteroatoms. The molecule has 5 unspecified atom stereocenters. The molecule has 0 radical (unpaired) electrons. The Bertz CT molecular complexity index is 505. The highest BCUT2D eigenvalue weighted by Gasteiger charge is 2.73. The maximum Gasteiger partial charge on any atom is 0.409 e. The lowest BCUT2D eigenvalue weighted by atomic mass is 9.82. The lowest BCUT2D eigenvalue weighted by Gasteiger charge is -2.35. The average Bonchev–Trinajstić information content (AvgIpc) is 3.11. The van der Waals surface area contributed by atoms with E-state index in [2.05, 4.69) is 5.32 Å². The van der Waals surface area contributed by atoms with Gasteiger partial charge in [-0.2, -0.15) is 0 Å². The number of amides is 1. The fraction of sp³-hybridized carbons (Fsp3) is 0.692. The molecule has 5 atom stereocenters. The number of methoxy groups -OCH3 is 1. The number of carbonyl (C=O) groups excluding carboxylic acids is 2. The van der Waals surface area contributed by atoms with Crippen molar-refractivity contribution in [2.24, 2.45) is 11.8 Å². The van der Waals surface area contributed by atoms with E-state index in [1.165, 1.54) is 20.4 Å². The van der Waals surface area contributed by atoms with E-state index in [1.807, 2.05) is 0 Å². The summed E-state index contributed by atoms with van der Waals surface area (Å²) in [5.74, 6) is -1.40. The molecule has 0 aromatic heterocycles. The standard InChI is InChI=1S/C13H16FNO6/c1-15-12(17)20-11-9-6(3-8-13(9,5-14)21-8)7(4-19-11)10(16)18-2/h4,6,8-9,11H,3,5H2,1-2H3,(H,15,17). The van der Waals surface area contributed by atoms with Crippen molar-refractivity contribution >= 4 is 12.1 Å². The number of fused-ring (bicyclic) bond motifs is 3. The van der Waals surface area contributed by atoms with Gasteiger partial charge in [0.1, 0.15) is 12.3 Å². The Morgan fingerprint density at radius 2 is 2.33 bits per heavy atom. The number of carbonyl (C=O) groups is 2. The molecule has 2 heterocycles. The highest BCUT2D eigenvalue weighted by Crippen LogP contribution is 2.61. The Kier molecular flexibility index (Phi) is 3.27. The third-order valence-corrected chi connectivity index (χ3v) is 4.39. The monoisotopic (exact) mass is 301 g/mol. The number of rotatable bonds is 3. The van der Waals surface area contributed by atoms with Crippen molar-refractivity contribution in [3.63, 3.8) is 0 Å². The molecule has 7 nitrogen and oxygen atoms in total. The lowest BCUT2D eigenvalue weighted by Crippen LogP contribution is -2.46. The summed E-state index contributed by atoms with van der Waals surface area (Å²) in [6.07, 6.45) is -0.259. The van der Waals surface area contributed by atoms with Crippen LogP contribution in [0, 0.1) is 11.8 Å². The van der Waals surface area contributed by atoms with Crippen LogP contribution in [0.2, 0.25) is 0 Å². The summed E-state index contributed by atoms with van der Waals surface area (Å²) >= 11 is 0. The van der Waals surface area contributed by atoms with Crippen molar-refractivity contribution in [2.45, 2.75) is 24.4 Å². The van der Waals surface area contributed by atoms with Crippen LogP contribution < -0.4 is 5.32 Å². The number of alkyl halides is 1. The van der Waals surface area contributed by atoms with Crippen molar-refractivity contribution < 1.29 is 32.9 Å². The molecule has 1 amide bonds. The normalized spacial score (nSPS) is 39.3. The van der Waals surface area contributed by atoms with E-state index in [4.69, 9.17) is 18.9 Å². The summed E-state index contributed by atoms with van der Waals surface area (Å²) in [7, 11) is 2.68. The smallest absolute Gasteiger partial charge is 0.409 e. The average molecular weight is 301 g/mol. The summed E-state index contributed by atoms with van der Waals surface area (Å²) < 4.78 is 34.0.